The van der Waals surface area contributed by atoms with E-state index in [1.54, 1.807) is 11.3 Å². The van der Waals surface area contributed by atoms with Crippen LogP contribution in [0.1, 0.15) is 25.1 Å². The van der Waals surface area contributed by atoms with Gasteiger partial charge in [-0.05, 0) is 23.8 Å². The number of rotatable bonds is 6. The van der Waals surface area contributed by atoms with E-state index in [1.165, 1.54) is 0 Å². The molecular formula is C19H23NO4S. The Kier molecular flexibility index (Phi) is 4.20. The highest BCUT2D eigenvalue weighted by molar-refractivity contribution is 7.09. The van der Waals surface area contributed by atoms with E-state index in [4.69, 9.17) is 9.47 Å². The van der Waals surface area contributed by atoms with Gasteiger partial charge in [-0.15, -0.1) is 11.3 Å². The van der Waals surface area contributed by atoms with Crippen molar-refractivity contribution < 1.29 is 19.1 Å². The van der Waals surface area contributed by atoms with Crippen LogP contribution in [0.4, 0.5) is 0 Å². The van der Waals surface area contributed by atoms with Gasteiger partial charge < -0.3 is 14.4 Å². The molecule has 4 rings (SSSR count). The van der Waals surface area contributed by atoms with Gasteiger partial charge in [-0.1, -0.05) is 32.1 Å². The van der Waals surface area contributed by atoms with Crippen molar-refractivity contribution in [3.8, 4) is 0 Å². The van der Waals surface area contributed by atoms with E-state index in [0.717, 1.165) is 11.3 Å². The van der Waals surface area contributed by atoms with Crippen molar-refractivity contribution in [3.05, 3.63) is 34.5 Å². The minimum Gasteiger partial charge on any atom is -0.465 e. The topological polar surface area (TPSA) is 55.8 Å². The Balaban J connectivity index is 1.49. The molecule has 1 amide bonds. The van der Waals surface area contributed by atoms with E-state index >= 15 is 0 Å². The molecule has 1 aromatic heterocycles. The normalized spacial score (nSPS) is 32.7. The highest BCUT2D eigenvalue weighted by Gasteiger charge is 2.67. The lowest BCUT2D eigenvalue weighted by molar-refractivity contribution is -0.154. The molecule has 3 aliphatic heterocycles. The number of hydrogen-bond donors (Lipinski definition) is 0. The first-order valence-corrected chi connectivity index (χ1v) is 9.73. The molecule has 5 nitrogen and oxygen atoms in total. The molecule has 0 radical (unpaired) electrons. The second-order valence-electron chi connectivity index (χ2n) is 7.52. The maximum absolute atomic E-state index is 13.0. The van der Waals surface area contributed by atoms with Crippen LogP contribution in [0.5, 0.6) is 0 Å². The number of nitrogens with zero attached hydrogens (tertiary/aromatic N) is 1. The molecule has 0 unspecified atom stereocenters. The Bertz CT molecular complexity index is 698. The van der Waals surface area contributed by atoms with Crippen LogP contribution < -0.4 is 0 Å². The predicted molar refractivity (Wildman–Crippen MR) is 93.9 cm³/mol. The fraction of sp³-hybridized carbons (Fsp3) is 0.579. The number of amides is 1. The molecule has 0 aromatic carbocycles. The third-order valence-electron chi connectivity index (χ3n) is 5.32. The monoisotopic (exact) mass is 361 g/mol. The quantitative estimate of drug-likeness (QED) is 0.577. The van der Waals surface area contributed by atoms with Crippen molar-refractivity contribution in [1.82, 2.24) is 4.90 Å². The SMILES string of the molecule is CC(C)CCOC(=O)[C@H]1[C@H]2C(=O)N(Cc3cccs3)C[C@@]23C=C[C@H]1O3. The van der Waals surface area contributed by atoms with Crippen LogP contribution in [0.3, 0.4) is 0 Å². The Hall–Kier alpha value is -1.66. The maximum atomic E-state index is 13.0. The smallest absolute Gasteiger partial charge is 0.312 e. The minimum atomic E-state index is -0.652. The first-order valence-electron chi connectivity index (χ1n) is 8.85. The van der Waals surface area contributed by atoms with Gasteiger partial charge in [0.15, 0.2) is 0 Å². The molecule has 1 spiro atoms. The molecule has 1 aromatic rings. The number of ether oxygens (including phenoxy) is 2. The summed E-state index contributed by atoms with van der Waals surface area (Å²) in [4.78, 5) is 28.6. The van der Waals surface area contributed by atoms with Crippen LogP contribution in [-0.2, 0) is 25.6 Å². The Morgan fingerprint density at radius 2 is 2.36 bits per heavy atom. The highest BCUT2D eigenvalue weighted by Crippen LogP contribution is 2.52. The van der Waals surface area contributed by atoms with Gasteiger partial charge in [0.05, 0.1) is 31.7 Å². The molecule has 134 valence electrons. The Labute approximate surface area is 151 Å². The summed E-state index contributed by atoms with van der Waals surface area (Å²) < 4.78 is 11.6. The van der Waals surface area contributed by atoms with Crippen molar-refractivity contribution in [2.75, 3.05) is 13.2 Å². The van der Waals surface area contributed by atoms with E-state index in [9.17, 15) is 9.59 Å². The molecule has 0 N–H and O–H groups in total. The molecule has 2 bridgehead atoms. The van der Waals surface area contributed by atoms with E-state index < -0.39 is 17.4 Å². The first kappa shape index (κ1) is 16.8. The van der Waals surface area contributed by atoms with Crippen LogP contribution in [-0.4, -0.2) is 41.6 Å². The number of hydrogen-bond acceptors (Lipinski definition) is 5. The van der Waals surface area contributed by atoms with E-state index in [1.807, 2.05) is 34.6 Å². The fourth-order valence-corrected chi connectivity index (χ4v) is 4.78. The fourth-order valence-electron chi connectivity index (χ4n) is 4.06. The average Bonchev–Trinajstić information content (AvgIpc) is 3.30. The van der Waals surface area contributed by atoms with Crippen LogP contribution in [0, 0.1) is 17.8 Å². The summed E-state index contributed by atoms with van der Waals surface area (Å²) in [7, 11) is 0. The highest BCUT2D eigenvalue weighted by atomic mass is 32.1. The number of likely N-dealkylation sites (tertiary alicyclic amines) is 1. The molecule has 0 aliphatic carbocycles. The lowest BCUT2D eigenvalue weighted by atomic mass is 9.77. The van der Waals surface area contributed by atoms with Crippen LogP contribution in [0.25, 0.3) is 0 Å². The van der Waals surface area contributed by atoms with Crippen molar-refractivity contribution in [1.29, 1.82) is 0 Å². The van der Waals surface area contributed by atoms with Gasteiger partial charge in [0, 0.05) is 4.88 Å². The molecule has 3 aliphatic rings. The number of thiophene rings is 1. The van der Waals surface area contributed by atoms with Gasteiger partial charge in [0.2, 0.25) is 5.91 Å². The summed E-state index contributed by atoms with van der Waals surface area (Å²) >= 11 is 1.63. The van der Waals surface area contributed by atoms with Gasteiger partial charge in [-0.25, -0.2) is 0 Å². The summed E-state index contributed by atoms with van der Waals surface area (Å²) in [6, 6.07) is 4.01. The standard InChI is InChI=1S/C19H23NO4S/c1-12(2)6-8-23-18(22)15-14-5-7-19(24-14)11-20(17(21)16(15)19)10-13-4-3-9-25-13/h3-5,7,9,12,14-16H,6,8,10-11H2,1-2H3/t14-,15-,16+,19+/m1/s1. The summed E-state index contributed by atoms with van der Waals surface area (Å²) in [5.74, 6) is -0.781. The summed E-state index contributed by atoms with van der Waals surface area (Å²) in [6.45, 7) is 5.67. The van der Waals surface area contributed by atoms with E-state index in [0.29, 0.717) is 25.6 Å². The molecule has 2 fully saturated rings. The van der Waals surface area contributed by atoms with Crippen LogP contribution in [0.15, 0.2) is 29.7 Å². The number of esters is 1. The van der Waals surface area contributed by atoms with Crippen molar-refractivity contribution >= 4 is 23.2 Å². The van der Waals surface area contributed by atoms with Crippen molar-refractivity contribution in [2.24, 2.45) is 17.8 Å². The molecule has 25 heavy (non-hydrogen) atoms. The maximum Gasteiger partial charge on any atom is 0.312 e. The van der Waals surface area contributed by atoms with Crippen molar-refractivity contribution in [2.45, 2.75) is 38.5 Å². The zero-order valence-electron chi connectivity index (χ0n) is 14.5. The van der Waals surface area contributed by atoms with Gasteiger partial charge >= 0.3 is 5.97 Å². The largest absolute Gasteiger partial charge is 0.465 e. The van der Waals surface area contributed by atoms with Gasteiger partial charge in [-0.2, -0.15) is 0 Å². The Morgan fingerprint density at radius 3 is 3.08 bits per heavy atom. The number of carbonyl (C=O) groups excluding carboxylic acids is 2. The molecular weight excluding hydrogens is 338 g/mol. The van der Waals surface area contributed by atoms with Gasteiger partial charge in [-0.3, -0.25) is 9.59 Å². The average molecular weight is 361 g/mol. The summed E-state index contributed by atoms with van der Waals surface area (Å²) in [5, 5.41) is 2.01. The third-order valence-corrected chi connectivity index (χ3v) is 6.18. The molecule has 6 heteroatoms. The third kappa shape index (κ3) is 2.81. The van der Waals surface area contributed by atoms with Crippen LogP contribution >= 0.6 is 11.3 Å². The molecule has 2 saturated heterocycles. The number of fused-ring (bicyclic) bond motifs is 1. The molecule has 4 atom stereocenters. The lowest BCUT2D eigenvalue weighted by Gasteiger charge is -2.23. The van der Waals surface area contributed by atoms with E-state index in [-0.39, 0.29) is 18.0 Å². The number of carbonyl (C=O) groups is 2. The van der Waals surface area contributed by atoms with Crippen molar-refractivity contribution in [3.63, 3.8) is 0 Å². The lowest BCUT2D eigenvalue weighted by Crippen LogP contribution is -2.40. The second kappa shape index (κ2) is 6.25. The zero-order valence-corrected chi connectivity index (χ0v) is 15.3. The summed E-state index contributed by atoms with van der Waals surface area (Å²) in [6.07, 6.45) is 4.40. The molecule has 0 saturated carbocycles. The van der Waals surface area contributed by atoms with E-state index in [2.05, 4.69) is 13.8 Å². The van der Waals surface area contributed by atoms with Crippen LogP contribution in [0.2, 0.25) is 0 Å². The summed E-state index contributed by atoms with van der Waals surface area (Å²) in [5.41, 5.74) is -0.652. The first-order chi connectivity index (χ1) is 12.0. The minimum absolute atomic E-state index is 0.00561. The van der Waals surface area contributed by atoms with Gasteiger partial charge in [0.25, 0.3) is 0 Å². The van der Waals surface area contributed by atoms with Gasteiger partial charge in [0.1, 0.15) is 11.5 Å². The second-order valence-corrected chi connectivity index (χ2v) is 8.56. The Morgan fingerprint density at radius 1 is 1.52 bits per heavy atom. The predicted octanol–water partition coefficient (Wildman–Crippen LogP) is 2.62. The zero-order chi connectivity index (χ0) is 17.6. The molecule has 4 heterocycles.